The third-order valence-electron chi connectivity index (χ3n) is 1.92. The molecule has 76 valence electrons. The first-order valence-electron chi connectivity index (χ1n) is 4.06. The van der Waals surface area contributed by atoms with Gasteiger partial charge in [0.05, 0.1) is 14.2 Å². The molecule has 0 fully saturated rings. The number of rotatable bonds is 3. The van der Waals surface area contributed by atoms with E-state index in [9.17, 15) is 4.79 Å². The SMILES string of the molecule is COc1cc(C)c(OC)c(C(=O)O)c1. The van der Waals surface area contributed by atoms with E-state index >= 15 is 0 Å². The van der Waals surface area contributed by atoms with Crippen molar-refractivity contribution in [2.24, 2.45) is 0 Å². The molecule has 0 aliphatic rings. The number of aromatic carboxylic acids is 1. The number of carbonyl (C=O) groups is 1. The van der Waals surface area contributed by atoms with Crippen LogP contribution < -0.4 is 9.47 Å². The van der Waals surface area contributed by atoms with Crippen LogP contribution in [-0.2, 0) is 0 Å². The number of benzene rings is 1. The highest BCUT2D eigenvalue weighted by Gasteiger charge is 2.14. The summed E-state index contributed by atoms with van der Waals surface area (Å²) in [6.07, 6.45) is 0. The third-order valence-corrected chi connectivity index (χ3v) is 1.92. The van der Waals surface area contributed by atoms with Crippen LogP contribution in [0.3, 0.4) is 0 Å². The molecule has 0 spiro atoms. The minimum atomic E-state index is -1.02. The van der Waals surface area contributed by atoms with Gasteiger partial charge in [-0.3, -0.25) is 0 Å². The molecule has 4 nitrogen and oxygen atoms in total. The molecule has 0 aliphatic carbocycles. The molecule has 0 bridgehead atoms. The van der Waals surface area contributed by atoms with Gasteiger partial charge in [-0.05, 0) is 24.6 Å². The zero-order valence-corrected chi connectivity index (χ0v) is 8.33. The smallest absolute Gasteiger partial charge is 0.339 e. The second kappa shape index (κ2) is 4.00. The zero-order valence-electron chi connectivity index (χ0n) is 8.33. The Bertz CT molecular complexity index is 357. The van der Waals surface area contributed by atoms with Crippen LogP contribution in [0.15, 0.2) is 12.1 Å². The van der Waals surface area contributed by atoms with E-state index in [0.717, 1.165) is 5.56 Å². The Morgan fingerprint density at radius 3 is 2.36 bits per heavy atom. The molecule has 1 N–H and O–H groups in total. The van der Waals surface area contributed by atoms with Gasteiger partial charge in [-0.15, -0.1) is 0 Å². The second-order valence-corrected chi connectivity index (χ2v) is 2.83. The maximum Gasteiger partial charge on any atom is 0.339 e. The number of aryl methyl sites for hydroxylation is 1. The van der Waals surface area contributed by atoms with Gasteiger partial charge in [0, 0.05) is 0 Å². The van der Waals surface area contributed by atoms with Crippen molar-refractivity contribution in [3.8, 4) is 11.5 Å². The summed E-state index contributed by atoms with van der Waals surface area (Å²) in [4.78, 5) is 10.9. The Hall–Kier alpha value is -1.71. The molecule has 0 aliphatic heterocycles. The predicted octanol–water partition coefficient (Wildman–Crippen LogP) is 1.71. The highest BCUT2D eigenvalue weighted by molar-refractivity contribution is 5.92. The Kier molecular flexibility index (Phi) is 2.96. The first-order valence-corrected chi connectivity index (χ1v) is 4.06. The molecule has 0 saturated heterocycles. The Morgan fingerprint density at radius 1 is 1.29 bits per heavy atom. The van der Waals surface area contributed by atoms with E-state index in [1.807, 2.05) is 0 Å². The van der Waals surface area contributed by atoms with Crippen LogP contribution in [0.2, 0.25) is 0 Å². The average Bonchev–Trinajstić information content (AvgIpc) is 2.16. The minimum Gasteiger partial charge on any atom is -0.497 e. The molecule has 1 aromatic carbocycles. The van der Waals surface area contributed by atoms with Crippen molar-refractivity contribution in [3.05, 3.63) is 23.3 Å². The summed E-state index contributed by atoms with van der Waals surface area (Å²) < 4.78 is 9.97. The van der Waals surface area contributed by atoms with Crippen LogP contribution in [0, 0.1) is 6.92 Å². The van der Waals surface area contributed by atoms with E-state index in [1.165, 1.54) is 20.3 Å². The van der Waals surface area contributed by atoms with Gasteiger partial charge in [0.1, 0.15) is 17.1 Å². The molecule has 0 saturated carbocycles. The summed E-state index contributed by atoms with van der Waals surface area (Å²) >= 11 is 0. The fourth-order valence-electron chi connectivity index (χ4n) is 1.29. The highest BCUT2D eigenvalue weighted by Crippen LogP contribution is 2.28. The maximum absolute atomic E-state index is 10.9. The quantitative estimate of drug-likeness (QED) is 0.799. The summed E-state index contributed by atoms with van der Waals surface area (Å²) in [5.41, 5.74) is 0.855. The lowest BCUT2D eigenvalue weighted by molar-refractivity contribution is 0.0692. The van der Waals surface area contributed by atoms with Crippen molar-refractivity contribution in [2.45, 2.75) is 6.92 Å². The molecule has 14 heavy (non-hydrogen) atoms. The first kappa shape index (κ1) is 10.4. The number of methoxy groups -OCH3 is 2. The lowest BCUT2D eigenvalue weighted by Crippen LogP contribution is -2.02. The summed E-state index contributed by atoms with van der Waals surface area (Å²) in [5.74, 6) is -0.136. The number of carboxylic acid groups (broad SMARTS) is 1. The van der Waals surface area contributed by atoms with Gasteiger partial charge in [-0.1, -0.05) is 0 Å². The van der Waals surface area contributed by atoms with Crippen LogP contribution in [0.5, 0.6) is 11.5 Å². The van der Waals surface area contributed by atoms with Crippen LogP contribution in [0.1, 0.15) is 15.9 Å². The van der Waals surface area contributed by atoms with Gasteiger partial charge in [-0.2, -0.15) is 0 Å². The van der Waals surface area contributed by atoms with Crippen LogP contribution >= 0.6 is 0 Å². The molecular formula is C10H12O4. The number of hydrogen-bond acceptors (Lipinski definition) is 3. The summed E-state index contributed by atoms with van der Waals surface area (Å²) in [6, 6.07) is 3.17. The van der Waals surface area contributed by atoms with E-state index in [2.05, 4.69) is 0 Å². The van der Waals surface area contributed by atoms with Gasteiger partial charge in [0.2, 0.25) is 0 Å². The van der Waals surface area contributed by atoms with E-state index in [0.29, 0.717) is 11.5 Å². The van der Waals surface area contributed by atoms with Crippen molar-refractivity contribution in [1.82, 2.24) is 0 Å². The fourth-order valence-corrected chi connectivity index (χ4v) is 1.29. The van der Waals surface area contributed by atoms with Crippen molar-refractivity contribution < 1.29 is 19.4 Å². The normalized spacial score (nSPS) is 9.64. The van der Waals surface area contributed by atoms with Gasteiger partial charge < -0.3 is 14.6 Å². The number of ether oxygens (including phenoxy) is 2. The lowest BCUT2D eigenvalue weighted by atomic mass is 10.1. The van der Waals surface area contributed by atoms with Gasteiger partial charge in [0.25, 0.3) is 0 Å². The van der Waals surface area contributed by atoms with Crippen molar-refractivity contribution >= 4 is 5.97 Å². The standard InChI is InChI=1S/C10H12O4/c1-6-4-7(13-2)5-8(10(11)12)9(6)14-3/h4-5H,1-3H3,(H,11,12). The van der Waals surface area contributed by atoms with Gasteiger partial charge >= 0.3 is 5.97 Å². The Morgan fingerprint density at radius 2 is 1.93 bits per heavy atom. The summed E-state index contributed by atoms with van der Waals surface area (Å²) in [7, 11) is 2.94. The first-order chi connectivity index (χ1) is 6.60. The molecular weight excluding hydrogens is 184 g/mol. The monoisotopic (exact) mass is 196 g/mol. The molecule has 1 rings (SSSR count). The molecule has 0 radical (unpaired) electrons. The third kappa shape index (κ3) is 1.79. The highest BCUT2D eigenvalue weighted by atomic mass is 16.5. The van der Waals surface area contributed by atoms with E-state index in [-0.39, 0.29) is 5.56 Å². The Balaban J connectivity index is 3.35. The topological polar surface area (TPSA) is 55.8 Å². The van der Waals surface area contributed by atoms with Crippen molar-refractivity contribution in [3.63, 3.8) is 0 Å². The largest absolute Gasteiger partial charge is 0.497 e. The van der Waals surface area contributed by atoms with Gasteiger partial charge in [-0.25, -0.2) is 4.79 Å². The molecule has 0 atom stereocenters. The van der Waals surface area contributed by atoms with Crippen molar-refractivity contribution in [1.29, 1.82) is 0 Å². The predicted molar refractivity (Wildman–Crippen MR) is 51.2 cm³/mol. The number of carboxylic acids is 1. The minimum absolute atomic E-state index is 0.115. The van der Waals surface area contributed by atoms with E-state index in [1.54, 1.807) is 13.0 Å². The van der Waals surface area contributed by atoms with Crippen molar-refractivity contribution in [2.75, 3.05) is 14.2 Å². The number of hydrogen-bond donors (Lipinski definition) is 1. The molecule has 0 amide bonds. The molecule has 0 aromatic heterocycles. The van der Waals surface area contributed by atoms with E-state index in [4.69, 9.17) is 14.6 Å². The van der Waals surface area contributed by atoms with Crippen LogP contribution in [0.25, 0.3) is 0 Å². The Labute approximate surface area is 82.1 Å². The summed E-state index contributed by atoms with van der Waals surface area (Å²) in [5, 5.41) is 8.91. The zero-order chi connectivity index (χ0) is 10.7. The van der Waals surface area contributed by atoms with Gasteiger partial charge in [0.15, 0.2) is 0 Å². The average molecular weight is 196 g/mol. The molecule has 1 aromatic rings. The maximum atomic E-state index is 10.9. The fraction of sp³-hybridized carbons (Fsp3) is 0.300. The van der Waals surface area contributed by atoms with Crippen LogP contribution in [0.4, 0.5) is 0 Å². The van der Waals surface area contributed by atoms with E-state index < -0.39 is 5.97 Å². The lowest BCUT2D eigenvalue weighted by Gasteiger charge is -2.10. The van der Waals surface area contributed by atoms with Crippen LogP contribution in [-0.4, -0.2) is 25.3 Å². The molecule has 0 unspecified atom stereocenters. The molecule has 0 heterocycles. The molecule has 4 heteroatoms. The summed E-state index contributed by atoms with van der Waals surface area (Å²) in [6.45, 7) is 1.77. The second-order valence-electron chi connectivity index (χ2n) is 2.83.